The Kier molecular flexibility index (Phi) is 6.77. The highest BCUT2D eigenvalue weighted by atomic mass is 35.5. The van der Waals surface area contributed by atoms with Gasteiger partial charge in [0.15, 0.2) is 5.69 Å². The minimum absolute atomic E-state index is 0.0723. The summed E-state index contributed by atoms with van der Waals surface area (Å²) in [4.78, 5) is 25.6. The van der Waals surface area contributed by atoms with E-state index in [-0.39, 0.29) is 22.9 Å². The lowest BCUT2D eigenvalue weighted by atomic mass is 9.78. The summed E-state index contributed by atoms with van der Waals surface area (Å²) in [5, 5.41) is 7.42. The van der Waals surface area contributed by atoms with Crippen molar-refractivity contribution in [3.63, 3.8) is 0 Å². The molecule has 4 rings (SSSR count). The number of carbonyl (C=O) groups excluding carboxylic acids is 2. The molecule has 1 amide bonds. The Hall–Kier alpha value is -3.14. The fraction of sp³-hybridized carbons (Fsp3) is 0.320. The molecule has 0 saturated carbocycles. The number of ether oxygens (including phenoxy) is 1. The Morgan fingerprint density at radius 3 is 2.34 bits per heavy atom. The Bertz CT molecular complexity index is 1240. The summed E-state index contributed by atoms with van der Waals surface area (Å²) in [5.41, 5.74) is 0.592. The van der Waals surface area contributed by atoms with E-state index >= 15 is 0 Å². The van der Waals surface area contributed by atoms with Crippen LogP contribution < -0.4 is 10.8 Å². The Morgan fingerprint density at radius 1 is 1.06 bits per heavy atom. The van der Waals surface area contributed by atoms with Gasteiger partial charge in [-0.05, 0) is 64.3 Å². The lowest BCUT2D eigenvalue weighted by Gasteiger charge is -2.32. The number of nitrogens with zero attached hydrogens (tertiary/aromatic N) is 2. The molecule has 0 atom stereocenters. The highest BCUT2D eigenvalue weighted by molar-refractivity contribution is 6.62. The number of esters is 1. The van der Waals surface area contributed by atoms with Crippen LogP contribution in [0.2, 0.25) is 5.02 Å². The Balaban J connectivity index is 1.65. The van der Waals surface area contributed by atoms with Crippen LogP contribution in [0.5, 0.6) is 0 Å². The van der Waals surface area contributed by atoms with Gasteiger partial charge in [0, 0.05) is 6.07 Å². The van der Waals surface area contributed by atoms with Crippen molar-refractivity contribution < 1.29 is 23.6 Å². The number of halogens is 1. The second-order valence-corrected chi connectivity index (χ2v) is 9.57. The van der Waals surface area contributed by atoms with E-state index in [4.69, 9.17) is 25.6 Å². The number of hydrogen-bond donors (Lipinski definition) is 1. The highest BCUT2D eigenvalue weighted by Crippen LogP contribution is 2.36. The van der Waals surface area contributed by atoms with Gasteiger partial charge in [0.1, 0.15) is 5.82 Å². The first kappa shape index (κ1) is 25.0. The maximum absolute atomic E-state index is 13.3. The molecule has 1 N–H and O–H groups in total. The Morgan fingerprint density at radius 2 is 1.71 bits per heavy atom. The van der Waals surface area contributed by atoms with E-state index in [1.807, 2.05) is 58.0 Å². The van der Waals surface area contributed by atoms with E-state index in [9.17, 15) is 9.59 Å². The van der Waals surface area contributed by atoms with Gasteiger partial charge < -0.3 is 19.4 Å². The molecule has 0 radical (unpaired) electrons. The lowest BCUT2D eigenvalue weighted by molar-refractivity contribution is 0.00578. The van der Waals surface area contributed by atoms with Crippen molar-refractivity contribution in [2.45, 2.75) is 45.8 Å². The smallest absolute Gasteiger partial charge is 0.461 e. The number of nitrogens with one attached hydrogen (secondary N) is 1. The minimum Gasteiger partial charge on any atom is -0.461 e. The highest BCUT2D eigenvalue weighted by Gasteiger charge is 2.51. The van der Waals surface area contributed by atoms with Crippen LogP contribution in [-0.4, -0.2) is 46.6 Å². The van der Waals surface area contributed by atoms with Crippen molar-refractivity contribution in [3.05, 3.63) is 70.9 Å². The number of rotatable bonds is 6. The standard InChI is InChI=1S/C25H27BClN3O5/c1-6-33-23(32)20-15-21(30(29-20)17-10-8-7-9-11-17)28-22(31)18-14-16(12-13-19(18)27)26-34-24(2,3)25(4,5)35-26/h7-15H,6H2,1-5H3,(H,28,31). The zero-order valence-corrected chi connectivity index (χ0v) is 21.1. The zero-order valence-electron chi connectivity index (χ0n) is 20.3. The molecule has 0 spiro atoms. The van der Waals surface area contributed by atoms with Crippen LogP contribution in [-0.2, 0) is 14.0 Å². The first-order chi connectivity index (χ1) is 16.5. The third-order valence-corrected chi connectivity index (χ3v) is 6.53. The van der Waals surface area contributed by atoms with Crippen LogP contribution in [0, 0.1) is 0 Å². The van der Waals surface area contributed by atoms with E-state index in [0.717, 1.165) is 0 Å². The molecule has 10 heteroatoms. The fourth-order valence-corrected chi connectivity index (χ4v) is 3.77. The predicted molar refractivity (Wildman–Crippen MR) is 135 cm³/mol. The molecule has 0 bridgehead atoms. The number of aromatic nitrogens is 2. The molecular formula is C25H27BClN3O5. The molecule has 0 aliphatic carbocycles. The van der Waals surface area contributed by atoms with Gasteiger partial charge in [-0.15, -0.1) is 0 Å². The van der Waals surface area contributed by atoms with Crippen LogP contribution in [0.3, 0.4) is 0 Å². The van der Waals surface area contributed by atoms with E-state index in [1.54, 1.807) is 25.1 Å². The number of para-hydroxylation sites is 1. The van der Waals surface area contributed by atoms with Crippen LogP contribution in [0.4, 0.5) is 5.82 Å². The average molecular weight is 496 g/mol. The maximum atomic E-state index is 13.3. The zero-order chi connectivity index (χ0) is 25.4. The van der Waals surface area contributed by atoms with Crippen molar-refractivity contribution in [2.24, 2.45) is 0 Å². The summed E-state index contributed by atoms with van der Waals surface area (Å²) in [6.07, 6.45) is 0. The maximum Gasteiger partial charge on any atom is 0.494 e. The molecule has 2 heterocycles. The SMILES string of the molecule is CCOC(=O)c1cc(NC(=O)c2cc(B3OC(C)(C)C(C)(C)O3)ccc2Cl)n(-c2ccccc2)n1. The normalized spacial score (nSPS) is 16.2. The molecule has 3 aromatic rings. The quantitative estimate of drug-likeness (QED) is 0.406. The molecule has 2 aromatic carbocycles. The number of benzene rings is 2. The van der Waals surface area contributed by atoms with Crippen molar-refractivity contribution in [2.75, 3.05) is 11.9 Å². The predicted octanol–water partition coefficient (Wildman–Crippen LogP) is 4.25. The molecule has 182 valence electrons. The first-order valence-electron chi connectivity index (χ1n) is 11.3. The molecule has 35 heavy (non-hydrogen) atoms. The second-order valence-electron chi connectivity index (χ2n) is 9.16. The molecule has 8 nitrogen and oxygen atoms in total. The number of amides is 1. The van der Waals surface area contributed by atoms with Gasteiger partial charge in [-0.3, -0.25) is 4.79 Å². The van der Waals surface area contributed by atoms with Crippen molar-refractivity contribution in [1.82, 2.24) is 9.78 Å². The van der Waals surface area contributed by atoms with Crippen molar-refractivity contribution in [3.8, 4) is 5.69 Å². The fourth-order valence-electron chi connectivity index (χ4n) is 3.57. The summed E-state index contributed by atoms with van der Waals surface area (Å²) in [7, 11) is -0.644. The van der Waals surface area contributed by atoms with Crippen LogP contribution in [0.25, 0.3) is 5.69 Å². The van der Waals surface area contributed by atoms with Gasteiger partial charge in [0.25, 0.3) is 5.91 Å². The molecule has 1 fully saturated rings. The average Bonchev–Trinajstić information content (AvgIpc) is 3.32. The largest absolute Gasteiger partial charge is 0.494 e. The van der Waals surface area contributed by atoms with Crippen LogP contribution in [0.15, 0.2) is 54.6 Å². The lowest BCUT2D eigenvalue weighted by Crippen LogP contribution is -2.41. The van der Waals surface area contributed by atoms with Gasteiger partial charge in [-0.2, -0.15) is 5.10 Å². The van der Waals surface area contributed by atoms with Crippen LogP contribution in [0.1, 0.15) is 55.5 Å². The number of hydrogen-bond acceptors (Lipinski definition) is 6. The molecule has 1 saturated heterocycles. The van der Waals surface area contributed by atoms with Crippen molar-refractivity contribution >= 4 is 41.9 Å². The van der Waals surface area contributed by atoms with E-state index in [0.29, 0.717) is 17.0 Å². The summed E-state index contributed by atoms with van der Waals surface area (Å²) in [5.74, 6) is -0.763. The molecular weight excluding hydrogens is 469 g/mol. The molecule has 0 unspecified atom stereocenters. The first-order valence-corrected chi connectivity index (χ1v) is 11.7. The summed E-state index contributed by atoms with van der Waals surface area (Å²) < 4.78 is 18.8. The molecule has 1 aliphatic rings. The van der Waals surface area contributed by atoms with Crippen molar-refractivity contribution in [1.29, 1.82) is 0 Å². The van der Waals surface area contributed by atoms with Gasteiger partial charge in [0.2, 0.25) is 0 Å². The summed E-state index contributed by atoms with van der Waals surface area (Å²) >= 11 is 6.39. The van der Waals surface area contributed by atoms with Gasteiger partial charge in [-0.1, -0.05) is 35.9 Å². The van der Waals surface area contributed by atoms with E-state index in [2.05, 4.69) is 10.4 Å². The summed E-state index contributed by atoms with van der Waals surface area (Å²) in [6, 6.07) is 15.7. The van der Waals surface area contributed by atoms with Gasteiger partial charge in [0.05, 0.1) is 34.1 Å². The van der Waals surface area contributed by atoms with E-state index in [1.165, 1.54) is 10.7 Å². The molecule has 1 aromatic heterocycles. The monoisotopic (exact) mass is 495 g/mol. The number of anilines is 1. The Labute approximate surface area is 209 Å². The van der Waals surface area contributed by atoms with Gasteiger partial charge in [-0.25, -0.2) is 9.48 Å². The van der Waals surface area contributed by atoms with Crippen LogP contribution >= 0.6 is 11.6 Å². The topological polar surface area (TPSA) is 91.7 Å². The van der Waals surface area contributed by atoms with Gasteiger partial charge >= 0.3 is 13.1 Å². The summed E-state index contributed by atoms with van der Waals surface area (Å²) in [6.45, 7) is 9.76. The number of carbonyl (C=O) groups is 2. The third kappa shape index (κ3) is 4.98. The third-order valence-electron chi connectivity index (χ3n) is 6.20. The molecule has 1 aliphatic heterocycles. The second kappa shape index (κ2) is 9.49. The minimum atomic E-state index is -0.644. The van der Waals surface area contributed by atoms with E-state index < -0.39 is 30.2 Å².